The number of hydrogen-bond acceptors (Lipinski definition) is 5. The van der Waals surface area contributed by atoms with E-state index < -0.39 is 5.25 Å². The number of methoxy groups -OCH3 is 1. The van der Waals surface area contributed by atoms with Crippen LogP contribution in [-0.4, -0.2) is 42.5 Å². The summed E-state index contributed by atoms with van der Waals surface area (Å²) in [5.41, 5.74) is 0.750. The van der Waals surface area contributed by atoms with Gasteiger partial charge in [0.1, 0.15) is 5.25 Å². The van der Waals surface area contributed by atoms with Gasteiger partial charge in [-0.3, -0.25) is 14.6 Å². The van der Waals surface area contributed by atoms with E-state index in [2.05, 4.69) is 15.6 Å². The van der Waals surface area contributed by atoms with E-state index in [1.54, 1.807) is 7.11 Å². The molecule has 3 rings (SSSR count). The van der Waals surface area contributed by atoms with E-state index in [4.69, 9.17) is 4.74 Å². The fourth-order valence-electron chi connectivity index (χ4n) is 2.56. The maximum atomic E-state index is 12.4. The summed E-state index contributed by atoms with van der Waals surface area (Å²) in [6, 6.07) is 13.6. The maximum absolute atomic E-state index is 12.4. The van der Waals surface area contributed by atoms with E-state index in [1.807, 2.05) is 42.5 Å². The first-order chi connectivity index (χ1) is 12.2. The molecule has 2 amide bonds. The number of carbonyl (C=O) groups is 2. The van der Waals surface area contributed by atoms with Gasteiger partial charge in [0.05, 0.1) is 13.2 Å². The Morgan fingerprint density at radius 2 is 2.08 bits per heavy atom. The highest BCUT2D eigenvalue weighted by molar-refractivity contribution is 8.15. The molecular weight excluding hydrogens is 338 g/mol. The van der Waals surface area contributed by atoms with E-state index in [0.29, 0.717) is 18.3 Å². The smallest absolute Gasteiger partial charge is 0.240 e. The molecule has 2 N–H and O–H groups in total. The van der Waals surface area contributed by atoms with Gasteiger partial charge >= 0.3 is 0 Å². The summed E-state index contributed by atoms with van der Waals surface area (Å²) in [6.45, 7) is 0.972. The number of amidine groups is 1. The number of aliphatic imine (C=N–C) groups is 1. The molecule has 1 atom stereocenters. The maximum Gasteiger partial charge on any atom is 0.240 e. The van der Waals surface area contributed by atoms with Crippen molar-refractivity contribution in [3.63, 3.8) is 0 Å². The van der Waals surface area contributed by atoms with Gasteiger partial charge in [0.15, 0.2) is 5.17 Å². The molecule has 0 bridgehead atoms. The average molecular weight is 357 g/mol. The lowest BCUT2D eigenvalue weighted by Crippen LogP contribution is -2.28. The number of anilines is 1. The van der Waals surface area contributed by atoms with Gasteiger partial charge in [-0.25, -0.2) is 0 Å². The first kappa shape index (κ1) is 17.4. The highest BCUT2D eigenvalue weighted by Gasteiger charge is 2.32. The molecule has 2 aromatic rings. The van der Waals surface area contributed by atoms with Gasteiger partial charge in [-0.2, -0.15) is 0 Å². The number of carbonyl (C=O) groups excluding carboxylic acids is 2. The Balaban J connectivity index is 1.63. The van der Waals surface area contributed by atoms with Crippen LogP contribution in [0.5, 0.6) is 0 Å². The summed E-state index contributed by atoms with van der Waals surface area (Å²) in [5.74, 6) is -0.378. The van der Waals surface area contributed by atoms with Gasteiger partial charge in [-0.1, -0.05) is 48.2 Å². The third-order valence-electron chi connectivity index (χ3n) is 3.76. The Labute approximate surface area is 150 Å². The van der Waals surface area contributed by atoms with Crippen molar-refractivity contribution in [2.75, 3.05) is 25.6 Å². The number of rotatable bonds is 6. The van der Waals surface area contributed by atoms with Crippen molar-refractivity contribution in [3.05, 3.63) is 42.5 Å². The minimum atomic E-state index is -0.462. The zero-order chi connectivity index (χ0) is 17.6. The van der Waals surface area contributed by atoms with E-state index in [-0.39, 0.29) is 18.2 Å². The number of nitrogens with one attached hydrogen (secondary N) is 2. The minimum Gasteiger partial charge on any atom is -0.383 e. The number of ether oxygens (including phenoxy) is 1. The van der Waals surface area contributed by atoms with Crippen LogP contribution in [0.2, 0.25) is 0 Å². The summed E-state index contributed by atoms with van der Waals surface area (Å²) in [6.07, 6.45) is 0.100. The number of thioether (sulfide) groups is 1. The van der Waals surface area contributed by atoms with Gasteiger partial charge in [0, 0.05) is 24.6 Å². The molecule has 0 radical (unpaired) electrons. The van der Waals surface area contributed by atoms with Crippen molar-refractivity contribution >= 4 is 45.2 Å². The van der Waals surface area contributed by atoms with Crippen molar-refractivity contribution in [2.45, 2.75) is 11.7 Å². The second-order valence-corrected chi connectivity index (χ2v) is 6.75. The standard InChI is InChI=1S/C18H19N3O3S/c1-24-10-9-19-18-21-17(23)15(25-18)11-16(22)20-14-8-4-6-12-5-2-3-7-13(12)14/h2-8,15H,9-11H2,1H3,(H,20,22)(H,19,21,23)/t15-/m0/s1. The molecule has 1 aliphatic heterocycles. The van der Waals surface area contributed by atoms with Crippen molar-refractivity contribution in [1.29, 1.82) is 0 Å². The molecular formula is C18H19N3O3S. The molecule has 1 aliphatic rings. The number of hydrogen-bond donors (Lipinski definition) is 2. The summed E-state index contributed by atoms with van der Waals surface area (Å²) < 4.78 is 4.93. The monoisotopic (exact) mass is 357 g/mol. The normalized spacial score (nSPS) is 18.5. The van der Waals surface area contributed by atoms with Crippen molar-refractivity contribution < 1.29 is 14.3 Å². The molecule has 7 heteroatoms. The van der Waals surface area contributed by atoms with Gasteiger partial charge < -0.3 is 15.4 Å². The molecule has 1 saturated heterocycles. The number of amides is 2. The first-order valence-corrected chi connectivity index (χ1v) is 8.84. The van der Waals surface area contributed by atoms with Crippen LogP contribution in [0.25, 0.3) is 10.8 Å². The van der Waals surface area contributed by atoms with Crippen LogP contribution in [0.3, 0.4) is 0 Å². The molecule has 0 aliphatic carbocycles. The highest BCUT2D eigenvalue weighted by Crippen LogP contribution is 2.25. The zero-order valence-corrected chi connectivity index (χ0v) is 14.6. The highest BCUT2D eigenvalue weighted by atomic mass is 32.2. The largest absolute Gasteiger partial charge is 0.383 e. The third kappa shape index (κ3) is 4.37. The lowest BCUT2D eigenvalue weighted by Gasteiger charge is -2.10. The molecule has 1 fully saturated rings. The topological polar surface area (TPSA) is 79.8 Å². The van der Waals surface area contributed by atoms with E-state index in [9.17, 15) is 9.59 Å². The van der Waals surface area contributed by atoms with E-state index >= 15 is 0 Å². The van der Waals surface area contributed by atoms with Gasteiger partial charge in [-0.15, -0.1) is 0 Å². The first-order valence-electron chi connectivity index (χ1n) is 7.96. The Hall–Kier alpha value is -2.38. The quantitative estimate of drug-likeness (QED) is 0.778. The number of nitrogens with zero attached hydrogens (tertiary/aromatic N) is 1. The molecule has 25 heavy (non-hydrogen) atoms. The molecule has 0 unspecified atom stereocenters. The van der Waals surface area contributed by atoms with E-state index in [1.165, 1.54) is 11.8 Å². The number of benzene rings is 2. The number of fused-ring (bicyclic) bond motifs is 1. The molecule has 0 aromatic heterocycles. The minimum absolute atomic E-state index is 0.100. The zero-order valence-electron chi connectivity index (χ0n) is 13.8. The van der Waals surface area contributed by atoms with Crippen LogP contribution in [0, 0.1) is 0 Å². The van der Waals surface area contributed by atoms with Crippen molar-refractivity contribution in [2.24, 2.45) is 4.99 Å². The van der Waals surface area contributed by atoms with Crippen molar-refractivity contribution in [3.8, 4) is 0 Å². The van der Waals surface area contributed by atoms with Crippen LogP contribution < -0.4 is 10.6 Å². The van der Waals surface area contributed by atoms with Crippen LogP contribution >= 0.6 is 11.8 Å². The van der Waals surface area contributed by atoms with Crippen molar-refractivity contribution in [1.82, 2.24) is 5.32 Å². The SMILES string of the molecule is COCCN=C1NC(=O)[C@H](CC(=O)Nc2cccc3ccccc23)S1. The summed E-state index contributed by atoms with van der Waals surface area (Å²) in [5, 5.41) is 7.72. The van der Waals surface area contributed by atoms with Crippen LogP contribution in [0.1, 0.15) is 6.42 Å². The molecule has 0 spiro atoms. The van der Waals surface area contributed by atoms with Crippen LogP contribution in [-0.2, 0) is 14.3 Å². The molecule has 0 saturated carbocycles. The van der Waals surface area contributed by atoms with Gasteiger partial charge in [0.2, 0.25) is 11.8 Å². The Kier molecular flexibility index (Phi) is 5.67. The molecule has 130 valence electrons. The van der Waals surface area contributed by atoms with E-state index in [0.717, 1.165) is 16.5 Å². The van der Waals surface area contributed by atoms with Gasteiger partial charge in [-0.05, 0) is 11.5 Å². The van der Waals surface area contributed by atoms with Gasteiger partial charge in [0.25, 0.3) is 0 Å². The lowest BCUT2D eigenvalue weighted by molar-refractivity contribution is -0.122. The molecule has 6 nitrogen and oxygen atoms in total. The summed E-state index contributed by atoms with van der Waals surface area (Å²) in [7, 11) is 1.60. The van der Waals surface area contributed by atoms with Crippen LogP contribution in [0.15, 0.2) is 47.5 Å². The predicted octanol–water partition coefficient (Wildman–Crippen LogP) is 2.40. The molecule has 1 heterocycles. The van der Waals surface area contributed by atoms with Crippen LogP contribution in [0.4, 0.5) is 5.69 Å². The Morgan fingerprint density at radius 1 is 1.28 bits per heavy atom. The second kappa shape index (κ2) is 8.13. The third-order valence-corrected chi connectivity index (χ3v) is 4.88. The lowest BCUT2D eigenvalue weighted by atomic mass is 10.1. The fourth-order valence-corrected chi connectivity index (χ4v) is 3.55. The summed E-state index contributed by atoms with van der Waals surface area (Å²) in [4.78, 5) is 28.6. The Bertz CT molecular complexity index is 817. The average Bonchev–Trinajstić information content (AvgIpc) is 2.95. The second-order valence-electron chi connectivity index (χ2n) is 5.55. The predicted molar refractivity (Wildman–Crippen MR) is 101 cm³/mol. The summed E-state index contributed by atoms with van der Waals surface area (Å²) >= 11 is 1.28. The molecule has 2 aromatic carbocycles. The Morgan fingerprint density at radius 3 is 2.92 bits per heavy atom. The fraction of sp³-hybridized carbons (Fsp3) is 0.278.